The topological polar surface area (TPSA) is 51.2 Å². The standard InChI is InChI=1S/C16H18N2O2S/c1-12(13-6-8-17-9-7-13)18-16(19)11-21-15-5-3-4-14(10-15)20-2/h3-10,12H,11H2,1-2H3,(H,18,19). The van der Waals surface area contributed by atoms with E-state index in [9.17, 15) is 4.79 Å². The van der Waals surface area contributed by atoms with Crippen LogP contribution < -0.4 is 10.1 Å². The minimum atomic E-state index is -0.0218. The minimum Gasteiger partial charge on any atom is -0.497 e. The number of pyridine rings is 1. The maximum absolute atomic E-state index is 12.0. The van der Waals surface area contributed by atoms with Crippen LogP contribution in [0.1, 0.15) is 18.5 Å². The molecule has 0 radical (unpaired) electrons. The van der Waals surface area contributed by atoms with Crippen molar-refractivity contribution in [1.82, 2.24) is 10.3 Å². The van der Waals surface area contributed by atoms with Gasteiger partial charge in [0.15, 0.2) is 0 Å². The van der Waals surface area contributed by atoms with Crippen molar-refractivity contribution < 1.29 is 9.53 Å². The molecule has 2 rings (SSSR count). The molecule has 0 aliphatic heterocycles. The van der Waals surface area contributed by atoms with Crippen LogP contribution in [0.5, 0.6) is 5.75 Å². The summed E-state index contributed by atoms with van der Waals surface area (Å²) >= 11 is 1.49. The van der Waals surface area contributed by atoms with Crippen molar-refractivity contribution in [3.05, 3.63) is 54.4 Å². The number of rotatable bonds is 6. The molecule has 1 aromatic heterocycles. The number of hydrogen-bond acceptors (Lipinski definition) is 4. The van der Waals surface area contributed by atoms with Gasteiger partial charge in [-0.15, -0.1) is 11.8 Å². The van der Waals surface area contributed by atoms with E-state index in [1.807, 2.05) is 43.3 Å². The van der Waals surface area contributed by atoms with Gasteiger partial charge in [-0.05, 0) is 42.8 Å². The molecule has 0 fully saturated rings. The third kappa shape index (κ3) is 4.79. The molecule has 5 heteroatoms. The lowest BCUT2D eigenvalue weighted by Gasteiger charge is -2.14. The van der Waals surface area contributed by atoms with Gasteiger partial charge < -0.3 is 10.1 Å². The fourth-order valence-electron chi connectivity index (χ4n) is 1.86. The van der Waals surface area contributed by atoms with E-state index in [2.05, 4.69) is 10.3 Å². The summed E-state index contributed by atoms with van der Waals surface area (Å²) in [5.41, 5.74) is 1.05. The summed E-state index contributed by atoms with van der Waals surface area (Å²) in [6.07, 6.45) is 3.45. The maximum Gasteiger partial charge on any atom is 0.230 e. The molecule has 0 aliphatic rings. The largest absolute Gasteiger partial charge is 0.497 e. The van der Waals surface area contributed by atoms with Crippen LogP contribution in [0.3, 0.4) is 0 Å². The molecule has 1 aromatic carbocycles. The Morgan fingerprint density at radius 3 is 2.81 bits per heavy atom. The van der Waals surface area contributed by atoms with E-state index >= 15 is 0 Å². The van der Waals surface area contributed by atoms with E-state index in [1.54, 1.807) is 19.5 Å². The molecule has 0 spiro atoms. The number of hydrogen-bond donors (Lipinski definition) is 1. The first-order chi connectivity index (χ1) is 10.2. The lowest BCUT2D eigenvalue weighted by molar-refractivity contribution is -0.119. The van der Waals surface area contributed by atoms with Gasteiger partial charge in [0, 0.05) is 17.3 Å². The van der Waals surface area contributed by atoms with Gasteiger partial charge in [-0.25, -0.2) is 0 Å². The second kappa shape index (κ2) is 7.69. The highest BCUT2D eigenvalue weighted by atomic mass is 32.2. The molecular weight excluding hydrogens is 284 g/mol. The van der Waals surface area contributed by atoms with Crippen molar-refractivity contribution in [2.75, 3.05) is 12.9 Å². The monoisotopic (exact) mass is 302 g/mol. The predicted octanol–water partition coefficient (Wildman–Crippen LogP) is 3.06. The third-order valence-electron chi connectivity index (χ3n) is 2.99. The van der Waals surface area contributed by atoms with E-state index in [-0.39, 0.29) is 11.9 Å². The average Bonchev–Trinajstić information content (AvgIpc) is 2.54. The Kier molecular flexibility index (Phi) is 5.63. The van der Waals surface area contributed by atoms with Crippen LogP contribution in [0, 0.1) is 0 Å². The quantitative estimate of drug-likeness (QED) is 0.833. The van der Waals surface area contributed by atoms with Crippen molar-refractivity contribution in [2.45, 2.75) is 17.9 Å². The fraction of sp³-hybridized carbons (Fsp3) is 0.250. The lowest BCUT2D eigenvalue weighted by atomic mass is 10.1. The molecule has 2 aromatic rings. The van der Waals surface area contributed by atoms with Crippen molar-refractivity contribution in [3.8, 4) is 5.75 Å². The maximum atomic E-state index is 12.0. The molecule has 0 saturated heterocycles. The Morgan fingerprint density at radius 2 is 2.10 bits per heavy atom. The van der Waals surface area contributed by atoms with Crippen LogP contribution in [0.4, 0.5) is 0 Å². The van der Waals surface area contributed by atoms with Gasteiger partial charge in [-0.2, -0.15) is 0 Å². The first kappa shape index (κ1) is 15.4. The molecular formula is C16H18N2O2S. The highest BCUT2D eigenvalue weighted by Crippen LogP contribution is 2.22. The Labute approximate surface area is 128 Å². The molecule has 4 nitrogen and oxygen atoms in total. The number of methoxy groups -OCH3 is 1. The molecule has 1 unspecified atom stereocenters. The number of aromatic nitrogens is 1. The second-order valence-electron chi connectivity index (χ2n) is 4.54. The van der Waals surface area contributed by atoms with Crippen LogP contribution in [0.25, 0.3) is 0 Å². The molecule has 0 bridgehead atoms. The summed E-state index contributed by atoms with van der Waals surface area (Å²) < 4.78 is 5.16. The van der Waals surface area contributed by atoms with Crippen molar-refractivity contribution in [1.29, 1.82) is 0 Å². The van der Waals surface area contributed by atoms with Crippen LogP contribution in [-0.4, -0.2) is 23.8 Å². The highest BCUT2D eigenvalue weighted by Gasteiger charge is 2.09. The molecule has 1 amide bonds. The Balaban J connectivity index is 1.84. The summed E-state index contributed by atoms with van der Waals surface area (Å²) in [7, 11) is 1.63. The smallest absolute Gasteiger partial charge is 0.230 e. The van der Waals surface area contributed by atoms with E-state index in [0.29, 0.717) is 5.75 Å². The number of thioether (sulfide) groups is 1. The van der Waals surface area contributed by atoms with Crippen LogP contribution in [0.15, 0.2) is 53.7 Å². The SMILES string of the molecule is COc1cccc(SCC(=O)NC(C)c2ccncc2)c1. The van der Waals surface area contributed by atoms with E-state index in [1.165, 1.54) is 11.8 Å². The van der Waals surface area contributed by atoms with Crippen LogP contribution in [-0.2, 0) is 4.79 Å². The van der Waals surface area contributed by atoms with E-state index in [4.69, 9.17) is 4.74 Å². The van der Waals surface area contributed by atoms with Gasteiger partial charge in [0.1, 0.15) is 5.75 Å². The van der Waals surface area contributed by atoms with Crippen LogP contribution in [0.2, 0.25) is 0 Å². The van der Waals surface area contributed by atoms with Crippen LogP contribution >= 0.6 is 11.8 Å². The summed E-state index contributed by atoms with van der Waals surface area (Å²) in [6, 6.07) is 11.5. The summed E-state index contributed by atoms with van der Waals surface area (Å²) in [5.74, 6) is 1.18. The van der Waals surface area contributed by atoms with Gasteiger partial charge in [-0.3, -0.25) is 9.78 Å². The van der Waals surface area contributed by atoms with Crippen molar-refractivity contribution >= 4 is 17.7 Å². The number of carbonyl (C=O) groups excluding carboxylic acids is 1. The molecule has 1 heterocycles. The molecule has 1 N–H and O–H groups in total. The van der Waals surface area contributed by atoms with Gasteiger partial charge in [0.2, 0.25) is 5.91 Å². The highest BCUT2D eigenvalue weighted by molar-refractivity contribution is 8.00. The number of nitrogens with zero attached hydrogens (tertiary/aromatic N) is 1. The molecule has 0 saturated carbocycles. The summed E-state index contributed by atoms with van der Waals surface area (Å²) in [6.45, 7) is 1.96. The third-order valence-corrected chi connectivity index (χ3v) is 3.99. The zero-order valence-electron chi connectivity index (χ0n) is 12.1. The Morgan fingerprint density at radius 1 is 1.33 bits per heavy atom. The van der Waals surface area contributed by atoms with Gasteiger partial charge in [-0.1, -0.05) is 6.07 Å². The lowest BCUT2D eigenvalue weighted by Crippen LogP contribution is -2.28. The first-order valence-corrected chi connectivity index (χ1v) is 7.63. The van der Waals surface area contributed by atoms with Crippen molar-refractivity contribution in [3.63, 3.8) is 0 Å². The number of ether oxygens (including phenoxy) is 1. The fourth-order valence-corrected chi connectivity index (χ4v) is 2.61. The molecule has 1 atom stereocenters. The molecule has 21 heavy (non-hydrogen) atoms. The number of amides is 1. The van der Waals surface area contributed by atoms with E-state index in [0.717, 1.165) is 16.2 Å². The number of benzene rings is 1. The zero-order chi connectivity index (χ0) is 15.1. The van der Waals surface area contributed by atoms with Gasteiger partial charge in [0.25, 0.3) is 0 Å². The first-order valence-electron chi connectivity index (χ1n) is 6.65. The summed E-state index contributed by atoms with van der Waals surface area (Å²) in [4.78, 5) is 17.0. The molecule has 110 valence electrons. The van der Waals surface area contributed by atoms with Crippen molar-refractivity contribution in [2.24, 2.45) is 0 Å². The second-order valence-corrected chi connectivity index (χ2v) is 5.59. The predicted molar refractivity (Wildman–Crippen MR) is 84.5 cm³/mol. The Hall–Kier alpha value is -2.01. The van der Waals surface area contributed by atoms with E-state index < -0.39 is 0 Å². The number of carbonyl (C=O) groups is 1. The Bertz CT molecular complexity index is 590. The average molecular weight is 302 g/mol. The minimum absolute atomic E-state index is 0.00660. The summed E-state index contributed by atoms with van der Waals surface area (Å²) in [5, 5.41) is 2.98. The normalized spacial score (nSPS) is 11.7. The van der Waals surface area contributed by atoms with Gasteiger partial charge in [0.05, 0.1) is 18.9 Å². The zero-order valence-corrected chi connectivity index (χ0v) is 12.9. The molecule has 0 aliphatic carbocycles. The number of nitrogens with one attached hydrogen (secondary N) is 1. The van der Waals surface area contributed by atoms with Gasteiger partial charge >= 0.3 is 0 Å².